The molecule has 1 N–H and O–H groups in total. The number of hydrogen-bond acceptors (Lipinski definition) is 7. The average molecular weight is 555 g/mol. The van der Waals surface area contributed by atoms with Gasteiger partial charge in [0.1, 0.15) is 6.26 Å². The Balaban J connectivity index is 1.64. The van der Waals surface area contributed by atoms with Crippen molar-refractivity contribution in [2.45, 2.75) is 38.7 Å². The number of amides is 2. The molecule has 0 radical (unpaired) electrons. The van der Waals surface area contributed by atoms with Crippen molar-refractivity contribution in [1.29, 1.82) is 0 Å². The molecule has 2 amide bonds. The molecule has 2 aliphatic heterocycles. The zero-order chi connectivity index (χ0) is 28.8. The van der Waals surface area contributed by atoms with E-state index in [1.165, 1.54) is 38.0 Å². The number of alkyl halides is 3. The molecule has 40 heavy (non-hydrogen) atoms. The summed E-state index contributed by atoms with van der Waals surface area (Å²) in [6.45, 7) is 3.44. The highest BCUT2D eigenvalue weighted by Gasteiger charge is 2.42. The Kier molecular flexibility index (Phi) is 6.96. The zero-order valence-electron chi connectivity index (χ0n) is 21.8. The van der Waals surface area contributed by atoms with Gasteiger partial charge in [-0.2, -0.15) is 13.2 Å². The Morgan fingerprint density at radius 3 is 2.42 bits per heavy atom. The lowest BCUT2D eigenvalue weighted by Crippen LogP contribution is -2.50. The molecule has 3 aromatic rings. The number of methoxy groups -OCH3 is 1. The van der Waals surface area contributed by atoms with Crippen LogP contribution in [0, 0.1) is 0 Å². The number of rotatable bonds is 7. The third kappa shape index (κ3) is 5.09. The molecular formula is C28H25F3N4O5. The van der Waals surface area contributed by atoms with Crippen LogP contribution in [0.1, 0.15) is 59.0 Å². The van der Waals surface area contributed by atoms with Gasteiger partial charge in [0.25, 0.3) is 0 Å². The van der Waals surface area contributed by atoms with Crippen LogP contribution in [0.25, 0.3) is 0 Å². The van der Waals surface area contributed by atoms with Crippen LogP contribution in [0.5, 0.6) is 0 Å². The summed E-state index contributed by atoms with van der Waals surface area (Å²) in [4.78, 5) is 45.6. The highest BCUT2D eigenvalue weighted by Crippen LogP contribution is 2.42. The van der Waals surface area contributed by atoms with Gasteiger partial charge in [0.05, 0.1) is 30.9 Å². The van der Waals surface area contributed by atoms with Crippen LogP contribution in [0.15, 0.2) is 70.5 Å². The number of urea groups is 1. The maximum atomic E-state index is 14.1. The van der Waals surface area contributed by atoms with Crippen LogP contribution in [0.3, 0.4) is 0 Å². The van der Waals surface area contributed by atoms with Crippen molar-refractivity contribution in [1.82, 2.24) is 15.2 Å². The first kappa shape index (κ1) is 27.1. The van der Waals surface area contributed by atoms with Gasteiger partial charge in [-0.3, -0.25) is 9.69 Å². The number of ketones is 1. The van der Waals surface area contributed by atoms with Gasteiger partial charge in [0, 0.05) is 23.9 Å². The van der Waals surface area contributed by atoms with E-state index in [1.54, 1.807) is 0 Å². The molecule has 2 unspecified atom stereocenters. The minimum absolute atomic E-state index is 0.0241. The summed E-state index contributed by atoms with van der Waals surface area (Å²) < 4.78 is 50.7. The van der Waals surface area contributed by atoms with Crippen LogP contribution < -0.4 is 10.2 Å². The van der Waals surface area contributed by atoms with E-state index in [0.29, 0.717) is 5.56 Å². The quantitative estimate of drug-likeness (QED) is 0.317. The van der Waals surface area contributed by atoms with Gasteiger partial charge < -0.3 is 19.4 Å². The molecule has 2 atom stereocenters. The normalized spacial score (nSPS) is 19.2. The maximum absolute atomic E-state index is 14.1. The van der Waals surface area contributed by atoms with Gasteiger partial charge in [-0.15, -0.1) is 0 Å². The van der Waals surface area contributed by atoms with E-state index in [0.717, 1.165) is 35.4 Å². The first-order chi connectivity index (χ1) is 19.0. The van der Waals surface area contributed by atoms with Crippen molar-refractivity contribution in [3.63, 3.8) is 0 Å². The van der Waals surface area contributed by atoms with Gasteiger partial charge in [0.2, 0.25) is 5.89 Å². The third-order valence-corrected chi connectivity index (χ3v) is 6.87. The van der Waals surface area contributed by atoms with E-state index in [9.17, 15) is 27.6 Å². The third-order valence-electron chi connectivity index (χ3n) is 6.87. The molecule has 2 aromatic carbocycles. The Bertz CT molecular complexity index is 1510. The van der Waals surface area contributed by atoms with Gasteiger partial charge >= 0.3 is 18.2 Å². The van der Waals surface area contributed by atoms with E-state index in [-0.39, 0.29) is 46.9 Å². The molecule has 0 bridgehead atoms. The topological polar surface area (TPSA) is 115 Å². The first-order valence-electron chi connectivity index (χ1n) is 12.3. The summed E-state index contributed by atoms with van der Waals surface area (Å²) in [5, 5.41) is 3.21. The number of allylic oxidation sites excluding steroid dienone is 1. The molecule has 1 saturated heterocycles. The van der Waals surface area contributed by atoms with E-state index >= 15 is 0 Å². The number of nitrogens with zero attached hydrogens (tertiary/aromatic N) is 3. The predicted octanol–water partition coefficient (Wildman–Crippen LogP) is 5.17. The number of carbonyl (C=O) groups is 3. The number of oxazole rings is 1. The molecule has 0 saturated carbocycles. The molecule has 0 aliphatic carbocycles. The van der Waals surface area contributed by atoms with Crippen LogP contribution >= 0.6 is 0 Å². The number of hydrogen-bond donors (Lipinski definition) is 1. The average Bonchev–Trinajstić information content (AvgIpc) is 3.67. The van der Waals surface area contributed by atoms with Crippen LogP contribution in [0.2, 0.25) is 0 Å². The predicted molar refractivity (Wildman–Crippen MR) is 136 cm³/mol. The number of aromatic nitrogens is 1. The number of nitrogens with one attached hydrogen (secondary N) is 1. The van der Waals surface area contributed by atoms with E-state index in [1.807, 2.05) is 24.3 Å². The van der Waals surface area contributed by atoms with Crippen LogP contribution in [-0.4, -0.2) is 41.3 Å². The Hall–Kier alpha value is -4.45. The van der Waals surface area contributed by atoms with E-state index in [4.69, 9.17) is 4.42 Å². The van der Waals surface area contributed by atoms with E-state index < -0.39 is 29.8 Å². The summed E-state index contributed by atoms with van der Waals surface area (Å²) in [7, 11) is 1.18. The van der Waals surface area contributed by atoms with Crippen molar-refractivity contribution in [3.8, 4) is 0 Å². The molecule has 0 spiro atoms. The van der Waals surface area contributed by atoms with Crippen molar-refractivity contribution in [2.75, 3.05) is 18.6 Å². The van der Waals surface area contributed by atoms with Crippen LogP contribution in [-0.2, 0) is 22.3 Å². The highest BCUT2D eigenvalue weighted by atomic mass is 19.4. The van der Waals surface area contributed by atoms with Crippen molar-refractivity contribution < 1.29 is 36.7 Å². The number of halogens is 3. The minimum atomic E-state index is -4.64. The fourth-order valence-electron chi connectivity index (χ4n) is 4.87. The maximum Gasteiger partial charge on any atom is 0.416 e. The Morgan fingerprint density at radius 1 is 1.15 bits per heavy atom. The molecule has 1 aromatic heterocycles. The van der Waals surface area contributed by atoms with Gasteiger partial charge in [-0.05, 0) is 43.2 Å². The Labute approximate surface area is 227 Å². The van der Waals surface area contributed by atoms with Gasteiger partial charge in [-0.1, -0.05) is 30.3 Å². The second kappa shape index (κ2) is 10.3. The van der Waals surface area contributed by atoms with Crippen molar-refractivity contribution >= 4 is 23.5 Å². The molecule has 3 heterocycles. The molecule has 1 fully saturated rings. The molecular weight excluding hydrogens is 529 g/mol. The van der Waals surface area contributed by atoms with Gasteiger partial charge in [-0.25, -0.2) is 14.6 Å². The number of carbonyl (C=O) groups excluding carboxylic acids is 3. The molecule has 12 heteroatoms. The highest BCUT2D eigenvalue weighted by molar-refractivity contribution is 6.04. The largest absolute Gasteiger partial charge is 0.464 e. The van der Waals surface area contributed by atoms with Crippen LogP contribution in [0.4, 0.5) is 23.7 Å². The number of ether oxygens (including phenoxy) is 1. The fraction of sp³-hybridized carbons (Fsp3) is 0.286. The lowest BCUT2D eigenvalue weighted by atomic mass is 9.89. The summed E-state index contributed by atoms with van der Waals surface area (Å²) in [5.74, 6) is -1.14. The lowest BCUT2D eigenvalue weighted by Gasteiger charge is -2.42. The zero-order valence-corrected chi connectivity index (χ0v) is 21.8. The second-order valence-corrected chi connectivity index (χ2v) is 9.50. The molecule has 9 nitrogen and oxygen atoms in total. The number of esters is 1. The molecule has 5 rings (SSSR count). The number of benzene rings is 2. The SMILES string of the molecule is COC(=O)c1coc(CN2C(=O)N(c3cccc(C(F)(F)F)c3)C(C)=C(C(C)=O)C2c2ccc(C3CN3)cc2)n1. The summed E-state index contributed by atoms with van der Waals surface area (Å²) in [5.41, 5.74) is 0.964. The molecule has 2 aliphatic rings. The number of Topliss-reactive ketones (excluding diaryl/α,β-unsaturated/α-hetero) is 1. The first-order valence-corrected chi connectivity index (χ1v) is 12.3. The standard InChI is InChI=1S/C28H25F3N4O5/c1-15-24(16(2)36)25(18-9-7-17(8-10-18)21-12-32-21)34(13-23-33-22(14-40-23)26(37)39-3)27(38)35(15)20-6-4-5-19(11-20)28(29,30)31/h4-11,14,21,25,32H,12-13H2,1-3H3. The van der Waals surface area contributed by atoms with Gasteiger partial charge in [0.15, 0.2) is 11.5 Å². The second-order valence-electron chi connectivity index (χ2n) is 9.50. The summed E-state index contributed by atoms with van der Waals surface area (Å²) in [6, 6.07) is 10.4. The fourth-order valence-corrected chi connectivity index (χ4v) is 4.87. The van der Waals surface area contributed by atoms with Crippen molar-refractivity contribution in [2.24, 2.45) is 0 Å². The summed E-state index contributed by atoms with van der Waals surface area (Å²) >= 11 is 0. The summed E-state index contributed by atoms with van der Waals surface area (Å²) in [6.07, 6.45) is -3.56. The minimum Gasteiger partial charge on any atom is -0.464 e. The monoisotopic (exact) mass is 554 g/mol. The van der Waals surface area contributed by atoms with E-state index in [2.05, 4.69) is 15.0 Å². The number of anilines is 1. The van der Waals surface area contributed by atoms with Crippen molar-refractivity contribution in [3.05, 3.63) is 94.3 Å². The Morgan fingerprint density at radius 2 is 1.82 bits per heavy atom. The molecule has 208 valence electrons. The smallest absolute Gasteiger partial charge is 0.416 e. The lowest BCUT2D eigenvalue weighted by molar-refractivity contribution is -0.137.